The van der Waals surface area contributed by atoms with Crippen molar-refractivity contribution in [1.29, 1.82) is 0 Å². The van der Waals surface area contributed by atoms with E-state index < -0.39 is 5.82 Å². The van der Waals surface area contributed by atoms with E-state index in [9.17, 15) is 14.3 Å². The number of aromatic nitrogens is 1. The van der Waals surface area contributed by atoms with Crippen molar-refractivity contribution in [1.82, 2.24) is 10.3 Å². The van der Waals surface area contributed by atoms with E-state index in [0.29, 0.717) is 52.5 Å². The third-order valence-electron chi connectivity index (χ3n) is 5.25. The second-order valence-electron chi connectivity index (χ2n) is 7.83. The van der Waals surface area contributed by atoms with Crippen LogP contribution in [0.15, 0.2) is 48.5 Å². The smallest absolute Gasteiger partial charge is 0.251 e. The van der Waals surface area contributed by atoms with Crippen LogP contribution in [0.4, 0.5) is 4.39 Å². The predicted octanol–water partition coefficient (Wildman–Crippen LogP) is 4.56. The van der Waals surface area contributed by atoms with Gasteiger partial charge in [0.15, 0.2) is 11.5 Å². The number of carbonyl (C=O) groups excluding carboxylic acids is 1. The first-order valence-corrected chi connectivity index (χ1v) is 11.0. The monoisotopic (exact) mass is 470 g/mol. The van der Waals surface area contributed by atoms with Crippen LogP contribution in [0.3, 0.4) is 0 Å². The average Bonchev–Trinajstić information content (AvgIpc) is 3.64. The number of pyridine rings is 1. The van der Waals surface area contributed by atoms with Crippen molar-refractivity contribution in [2.45, 2.75) is 32.0 Å². The van der Waals surface area contributed by atoms with Gasteiger partial charge in [-0.1, -0.05) is 11.6 Å². The van der Waals surface area contributed by atoms with Gasteiger partial charge in [0.2, 0.25) is 0 Å². The first-order chi connectivity index (χ1) is 16.0. The quantitative estimate of drug-likeness (QED) is 0.479. The van der Waals surface area contributed by atoms with Gasteiger partial charge in [-0.2, -0.15) is 0 Å². The Morgan fingerprint density at radius 2 is 2.00 bits per heavy atom. The molecule has 8 heteroatoms. The highest BCUT2D eigenvalue weighted by Gasteiger charge is 2.25. The van der Waals surface area contributed by atoms with Crippen molar-refractivity contribution in [3.63, 3.8) is 0 Å². The first kappa shape index (κ1) is 23.0. The molecule has 0 aliphatic heterocycles. The number of amides is 1. The Bertz CT molecular complexity index is 1170. The zero-order valence-corrected chi connectivity index (χ0v) is 18.9. The maximum Gasteiger partial charge on any atom is 0.251 e. The fraction of sp³-hybridized carbons (Fsp3) is 0.280. The Morgan fingerprint density at radius 3 is 2.70 bits per heavy atom. The molecule has 2 aromatic carbocycles. The number of methoxy groups -OCH3 is 1. The van der Waals surface area contributed by atoms with Crippen molar-refractivity contribution in [2.75, 3.05) is 13.7 Å². The minimum atomic E-state index is -0.509. The molecule has 0 spiro atoms. The standard InChI is InChI=1S/C25H24ClFN2O4/c1-32-24-13-17(3-7-23(24)33-19-4-5-19)25(31)28-9-8-18-10-15(14-30)11-22(29-18)16-2-6-21(27)20(26)12-16/h2-3,6-7,10-13,19,30H,4-5,8-9,14H2,1H3,(H,28,31). The third kappa shape index (κ3) is 5.80. The van der Waals surface area contributed by atoms with Crippen LogP contribution in [0.5, 0.6) is 11.5 Å². The molecule has 4 rings (SSSR count). The van der Waals surface area contributed by atoms with Crippen LogP contribution in [0.25, 0.3) is 11.3 Å². The molecule has 6 nitrogen and oxygen atoms in total. The van der Waals surface area contributed by atoms with Crippen LogP contribution >= 0.6 is 11.6 Å². The molecular formula is C25H24ClFN2O4. The number of carbonyl (C=O) groups is 1. The molecular weight excluding hydrogens is 447 g/mol. The number of ether oxygens (including phenoxy) is 2. The van der Waals surface area contributed by atoms with E-state index in [0.717, 1.165) is 12.8 Å². The molecule has 0 radical (unpaired) electrons. The van der Waals surface area contributed by atoms with Gasteiger partial charge in [-0.15, -0.1) is 0 Å². The van der Waals surface area contributed by atoms with E-state index in [1.807, 2.05) is 0 Å². The average molecular weight is 471 g/mol. The molecule has 1 saturated carbocycles. The number of aliphatic hydroxyl groups excluding tert-OH is 1. The maximum atomic E-state index is 13.5. The molecule has 33 heavy (non-hydrogen) atoms. The van der Waals surface area contributed by atoms with E-state index in [1.54, 1.807) is 43.5 Å². The van der Waals surface area contributed by atoms with Gasteiger partial charge in [0.25, 0.3) is 5.91 Å². The molecule has 1 aliphatic carbocycles. The Labute approximate surface area is 196 Å². The highest BCUT2D eigenvalue weighted by atomic mass is 35.5. The summed E-state index contributed by atoms with van der Waals surface area (Å²) in [6.07, 6.45) is 2.75. The Morgan fingerprint density at radius 1 is 1.18 bits per heavy atom. The molecule has 1 fully saturated rings. The molecule has 1 aromatic heterocycles. The normalized spacial score (nSPS) is 13.0. The van der Waals surface area contributed by atoms with Crippen molar-refractivity contribution >= 4 is 17.5 Å². The van der Waals surface area contributed by atoms with E-state index in [-0.39, 0.29) is 23.6 Å². The summed E-state index contributed by atoms with van der Waals surface area (Å²) >= 11 is 5.90. The van der Waals surface area contributed by atoms with E-state index in [2.05, 4.69) is 10.3 Å². The third-order valence-corrected chi connectivity index (χ3v) is 5.54. The summed E-state index contributed by atoms with van der Waals surface area (Å²) < 4.78 is 24.7. The second kappa shape index (κ2) is 10.2. The van der Waals surface area contributed by atoms with Gasteiger partial charge in [-0.25, -0.2) is 4.39 Å². The molecule has 1 heterocycles. The summed E-state index contributed by atoms with van der Waals surface area (Å²) in [5.41, 5.74) is 3.03. The summed E-state index contributed by atoms with van der Waals surface area (Å²) in [5.74, 6) is 0.407. The summed E-state index contributed by atoms with van der Waals surface area (Å²) in [7, 11) is 1.54. The topological polar surface area (TPSA) is 80.7 Å². The molecule has 1 aliphatic rings. The van der Waals surface area contributed by atoms with Gasteiger partial charge < -0.3 is 19.9 Å². The van der Waals surface area contributed by atoms with Crippen LogP contribution in [0, 0.1) is 5.82 Å². The van der Waals surface area contributed by atoms with Gasteiger partial charge in [-0.05, 0) is 66.9 Å². The molecule has 0 atom stereocenters. The molecule has 1 amide bonds. The van der Waals surface area contributed by atoms with E-state index in [1.165, 1.54) is 12.1 Å². The molecule has 0 bridgehead atoms. The van der Waals surface area contributed by atoms with Crippen molar-refractivity contribution in [3.8, 4) is 22.8 Å². The lowest BCUT2D eigenvalue weighted by Crippen LogP contribution is -2.26. The van der Waals surface area contributed by atoms with Crippen molar-refractivity contribution in [3.05, 3.63) is 76.2 Å². The molecule has 2 N–H and O–H groups in total. The number of rotatable bonds is 9. The number of hydrogen-bond donors (Lipinski definition) is 2. The van der Waals surface area contributed by atoms with Gasteiger partial charge >= 0.3 is 0 Å². The fourth-order valence-electron chi connectivity index (χ4n) is 3.35. The molecule has 3 aromatic rings. The predicted molar refractivity (Wildman–Crippen MR) is 123 cm³/mol. The van der Waals surface area contributed by atoms with Crippen LogP contribution in [-0.4, -0.2) is 35.8 Å². The van der Waals surface area contributed by atoms with Crippen LogP contribution in [0.1, 0.15) is 34.5 Å². The largest absolute Gasteiger partial charge is 0.493 e. The molecule has 172 valence electrons. The number of halogens is 2. The highest BCUT2D eigenvalue weighted by Crippen LogP contribution is 2.34. The minimum Gasteiger partial charge on any atom is -0.493 e. The lowest BCUT2D eigenvalue weighted by atomic mass is 10.1. The minimum absolute atomic E-state index is 0.00138. The van der Waals surface area contributed by atoms with E-state index in [4.69, 9.17) is 21.1 Å². The summed E-state index contributed by atoms with van der Waals surface area (Å²) in [4.78, 5) is 17.2. The Hall–Kier alpha value is -3.16. The lowest BCUT2D eigenvalue weighted by Gasteiger charge is -2.12. The number of benzene rings is 2. The van der Waals surface area contributed by atoms with Crippen molar-refractivity contribution in [2.24, 2.45) is 0 Å². The first-order valence-electron chi connectivity index (χ1n) is 10.7. The van der Waals surface area contributed by atoms with Gasteiger partial charge in [-0.3, -0.25) is 9.78 Å². The lowest BCUT2D eigenvalue weighted by molar-refractivity contribution is 0.0953. The van der Waals surface area contributed by atoms with Crippen LogP contribution in [0.2, 0.25) is 5.02 Å². The SMILES string of the molecule is COc1cc(C(=O)NCCc2cc(CO)cc(-c3ccc(F)c(Cl)c3)n2)ccc1OC1CC1. The zero-order chi connectivity index (χ0) is 23.4. The fourth-order valence-corrected chi connectivity index (χ4v) is 3.53. The number of nitrogens with one attached hydrogen (secondary N) is 1. The number of hydrogen-bond acceptors (Lipinski definition) is 5. The summed E-state index contributed by atoms with van der Waals surface area (Å²) in [6, 6.07) is 13.0. The molecule has 0 saturated heterocycles. The highest BCUT2D eigenvalue weighted by molar-refractivity contribution is 6.31. The van der Waals surface area contributed by atoms with Gasteiger partial charge in [0, 0.05) is 29.8 Å². The van der Waals surface area contributed by atoms with Crippen molar-refractivity contribution < 1.29 is 23.8 Å². The maximum absolute atomic E-state index is 13.5. The Kier molecular flexibility index (Phi) is 7.11. The van der Waals surface area contributed by atoms with Crippen LogP contribution < -0.4 is 14.8 Å². The molecule has 0 unspecified atom stereocenters. The van der Waals surface area contributed by atoms with Gasteiger partial charge in [0.05, 0.1) is 30.5 Å². The van der Waals surface area contributed by atoms with E-state index >= 15 is 0 Å². The zero-order valence-electron chi connectivity index (χ0n) is 18.1. The second-order valence-corrected chi connectivity index (χ2v) is 8.23. The Balaban J connectivity index is 1.42. The number of nitrogens with zero attached hydrogens (tertiary/aromatic N) is 1. The summed E-state index contributed by atoms with van der Waals surface area (Å²) in [5, 5.41) is 12.5. The number of aliphatic hydroxyl groups is 1. The van der Waals surface area contributed by atoms with Crippen LogP contribution in [-0.2, 0) is 13.0 Å². The van der Waals surface area contributed by atoms with Gasteiger partial charge in [0.1, 0.15) is 5.82 Å². The summed E-state index contributed by atoms with van der Waals surface area (Å²) in [6.45, 7) is 0.172.